The largest absolute Gasteiger partial charge is 0.472 e. The van der Waals surface area contributed by atoms with Gasteiger partial charge in [-0.2, -0.15) is 0 Å². The Morgan fingerprint density at radius 1 is 1.53 bits per heavy atom. The monoisotopic (exact) mass is 223 g/mol. The van der Waals surface area contributed by atoms with E-state index in [1.54, 1.807) is 23.9 Å². The van der Waals surface area contributed by atoms with Crippen LogP contribution in [0.4, 0.5) is 0 Å². The zero-order chi connectivity index (χ0) is 10.7. The summed E-state index contributed by atoms with van der Waals surface area (Å²) in [4.78, 5) is 0. The topological polar surface area (TPSA) is 51.0 Å². The molecule has 0 aliphatic heterocycles. The molecule has 0 amide bonds. The van der Waals surface area contributed by atoms with Crippen molar-refractivity contribution in [3.63, 3.8) is 0 Å². The normalized spacial score (nSPS) is 12.9. The smallest absolute Gasteiger partial charge is 0.134 e. The van der Waals surface area contributed by atoms with E-state index in [1.807, 2.05) is 13.0 Å². The van der Waals surface area contributed by atoms with E-state index in [-0.39, 0.29) is 6.04 Å². The third-order valence-electron chi connectivity index (χ3n) is 2.10. The maximum absolute atomic E-state index is 4.99. The van der Waals surface area contributed by atoms with E-state index in [9.17, 15) is 0 Å². The lowest BCUT2D eigenvalue weighted by Crippen LogP contribution is -2.17. The lowest BCUT2D eigenvalue weighted by atomic mass is 10.3. The number of nitrogens with one attached hydrogen (secondary N) is 1. The molecule has 2 aromatic rings. The molecule has 0 saturated heterocycles. The molecule has 4 nitrogen and oxygen atoms in total. The fraction of sp³-hybridized carbons (Fsp3) is 0.400. The van der Waals surface area contributed by atoms with E-state index >= 15 is 0 Å². The van der Waals surface area contributed by atoms with Gasteiger partial charge in [0.05, 0.1) is 18.6 Å². The predicted octanol–water partition coefficient (Wildman–Crippen LogP) is 2.29. The molecule has 0 saturated carbocycles. The first kappa shape index (κ1) is 10.3. The molecule has 0 spiro atoms. The molecule has 0 aliphatic carbocycles. The Morgan fingerprint density at radius 3 is 3.00 bits per heavy atom. The van der Waals surface area contributed by atoms with Gasteiger partial charge in [0.1, 0.15) is 10.0 Å². The SMILES string of the molecule is Cc1nnc(C(C)NCc2ccoc2)s1. The zero-order valence-corrected chi connectivity index (χ0v) is 9.54. The minimum absolute atomic E-state index is 0.228. The fourth-order valence-corrected chi connectivity index (χ4v) is 1.96. The minimum Gasteiger partial charge on any atom is -0.472 e. The average molecular weight is 223 g/mol. The molecule has 2 heterocycles. The summed E-state index contributed by atoms with van der Waals surface area (Å²) in [6.45, 7) is 4.83. The number of furan rings is 1. The Balaban J connectivity index is 1.90. The van der Waals surface area contributed by atoms with E-state index in [1.165, 1.54) is 0 Å². The molecule has 1 N–H and O–H groups in total. The summed E-state index contributed by atoms with van der Waals surface area (Å²) in [6, 6.07) is 2.18. The van der Waals surface area contributed by atoms with Crippen LogP contribution in [0.5, 0.6) is 0 Å². The van der Waals surface area contributed by atoms with Crippen LogP contribution in [0.15, 0.2) is 23.0 Å². The first-order valence-electron chi connectivity index (χ1n) is 4.80. The number of nitrogens with zero attached hydrogens (tertiary/aromatic N) is 2. The quantitative estimate of drug-likeness (QED) is 0.864. The summed E-state index contributed by atoms with van der Waals surface area (Å²) in [6.07, 6.45) is 3.42. The number of aryl methyl sites for hydroxylation is 1. The highest BCUT2D eigenvalue weighted by atomic mass is 32.1. The molecular formula is C10H13N3OS. The van der Waals surface area contributed by atoms with Gasteiger partial charge in [0.2, 0.25) is 0 Å². The van der Waals surface area contributed by atoms with Crippen molar-refractivity contribution in [1.82, 2.24) is 15.5 Å². The molecule has 0 aliphatic rings. The first-order valence-corrected chi connectivity index (χ1v) is 5.62. The molecule has 2 aromatic heterocycles. The van der Waals surface area contributed by atoms with Crippen LogP contribution in [0.2, 0.25) is 0 Å². The third-order valence-corrected chi connectivity index (χ3v) is 3.13. The van der Waals surface area contributed by atoms with Crippen LogP contribution in [0.3, 0.4) is 0 Å². The molecule has 0 aromatic carbocycles. The molecule has 0 fully saturated rings. The van der Waals surface area contributed by atoms with Gasteiger partial charge in [-0.05, 0) is 19.9 Å². The number of hydrogen-bond donors (Lipinski definition) is 1. The van der Waals surface area contributed by atoms with Crippen molar-refractivity contribution in [2.45, 2.75) is 26.4 Å². The van der Waals surface area contributed by atoms with Gasteiger partial charge < -0.3 is 9.73 Å². The van der Waals surface area contributed by atoms with E-state index in [0.717, 1.165) is 22.1 Å². The predicted molar refractivity (Wildman–Crippen MR) is 58.6 cm³/mol. The molecule has 1 atom stereocenters. The molecular weight excluding hydrogens is 210 g/mol. The molecule has 2 rings (SSSR count). The van der Waals surface area contributed by atoms with Gasteiger partial charge in [-0.3, -0.25) is 0 Å². The van der Waals surface area contributed by atoms with Gasteiger partial charge in [0.25, 0.3) is 0 Å². The van der Waals surface area contributed by atoms with Crippen molar-refractivity contribution >= 4 is 11.3 Å². The second-order valence-electron chi connectivity index (χ2n) is 3.39. The number of rotatable bonds is 4. The summed E-state index contributed by atoms with van der Waals surface area (Å²) in [5.41, 5.74) is 1.14. The highest BCUT2D eigenvalue weighted by molar-refractivity contribution is 7.11. The standard InChI is InChI=1S/C10H13N3OS/c1-7(10-13-12-8(2)15-10)11-5-9-3-4-14-6-9/h3-4,6-7,11H,5H2,1-2H3. The summed E-state index contributed by atoms with van der Waals surface area (Å²) >= 11 is 1.62. The van der Waals surface area contributed by atoms with E-state index in [0.29, 0.717) is 0 Å². The van der Waals surface area contributed by atoms with Gasteiger partial charge in [-0.25, -0.2) is 0 Å². The van der Waals surface area contributed by atoms with Crippen molar-refractivity contribution in [3.8, 4) is 0 Å². The van der Waals surface area contributed by atoms with Gasteiger partial charge >= 0.3 is 0 Å². The first-order chi connectivity index (χ1) is 7.25. The molecule has 5 heteroatoms. The Hall–Kier alpha value is -1.20. The van der Waals surface area contributed by atoms with Gasteiger partial charge in [-0.1, -0.05) is 0 Å². The van der Waals surface area contributed by atoms with Gasteiger partial charge in [0.15, 0.2) is 0 Å². The van der Waals surface area contributed by atoms with Crippen molar-refractivity contribution < 1.29 is 4.42 Å². The van der Waals surface area contributed by atoms with Crippen LogP contribution in [0, 0.1) is 6.92 Å². The Morgan fingerprint density at radius 2 is 2.40 bits per heavy atom. The molecule has 80 valence electrons. The van der Waals surface area contributed by atoms with E-state index in [4.69, 9.17) is 4.42 Å². The maximum atomic E-state index is 4.99. The minimum atomic E-state index is 0.228. The summed E-state index contributed by atoms with van der Waals surface area (Å²) in [5, 5.41) is 13.5. The Labute approximate surface area is 92.3 Å². The number of hydrogen-bond acceptors (Lipinski definition) is 5. The second-order valence-corrected chi connectivity index (χ2v) is 4.61. The van der Waals surface area contributed by atoms with E-state index < -0.39 is 0 Å². The number of aromatic nitrogens is 2. The molecule has 0 bridgehead atoms. The lowest BCUT2D eigenvalue weighted by Gasteiger charge is -2.08. The van der Waals surface area contributed by atoms with Crippen LogP contribution in [0.25, 0.3) is 0 Å². The lowest BCUT2D eigenvalue weighted by molar-refractivity contribution is 0.544. The Kier molecular flexibility index (Phi) is 3.13. The summed E-state index contributed by atoms with van der Waals surface area (Å²) in [7, 11) is 0. The maximum Gasteiger partial charge on any atom is 0.134 e. The van der Waals surface area contributed by atoms with Crippen LogP contribution >= 0.6 is 11.3 Å². The highest BCUT2D eigenvalue weighted by Gasteiger charge is 2.09. The molecule has 1 unspecified atom stereocenters. The van der Waals surface area contributed by atoms with Crippen LogP contribution in [-0.4, -0.2) is 10.2 Å². The zero-order valence-electron chi connectivity index (χ0n) is 8.73. The van der Waals surface area contributed by atoms with E-state index in [2.05, 4.69) is 22.4 Å². The highest BCUT2D eigenvalue weighted by Crippen LogP contribution is 2.17. The summed E-state index contributed by atoms with van der Waals surface area (Å²) in [5.74, 6) is 0. The van der Waals surface area contributed by atoms with Crippen molar-refractivity contribution in [1.29, 1.82) is 0 Å². The van der Waals surface area contributed by atoms with Crippen LogP contribution < -0.4 is 5.32 Å². The molecule has 15 heavy (non-hydrogen) atoms. The Bertz CT molecular complexity index is 410. The van der Waals surface area contributed by atoms with Crippen molar-refractivity contribution in [2.24, 2.45) is 0 Å². The average Bonchev–Trinajstić information content (AvgIpc) is 2.84. The van der Waals surface area contributed by atoms with Crippen molar-refractivity contribution in [3.05, 3.63) is 34.2 Å². The third kappa shape index (κ3) is 2.64. The van der Waals surface area contributed by atoms with Crippen LogP contribution in [-0.2, 0) is 6.54 Å². The fourth-order valence-electron chi connectivity index (χ4n) is 1.24. The van der Waals surface area contributed by atoms with Crippen LogP contribution in [0.1, 0.15) is 28.5 Å². The second kappa shape index (κ2) is 4.55. The van der Waals surface area contributed by atoms with Gasteiger partial charge in [-0.15, -0.1) is 21.5 Å². The molecule has 0 radical (unpaired) electrons. The summed E-state index contributed by atoms with van der Waals surface area (Å²) < 4.78 is 4.99. The van der Waals surface area contributed by atoms with Gasteiger partial charge in [0, 0.05) is 12.1 Å². The van der Waals surface area contributed by atoms with Crippen molar-refractivity contribution in [2.75, 3.05) is 0 Å².